The Morgan fingerprint density at radius 2 is 2.11 bits per heavy atom. The SMILES string of the molecule is FC(F)(F)COCCc1nc2ccc(Cl)cc2[nH]1. The molecule has 0 radical (unpaired) electrons. The number of fused-ring (bicyclic) bond motifs is 1. The van der Waals surface area contributed by atoms with E-state index in [4.69, 9.17) is 11.6 Å². The summed E-state index contributed by atoms with van der Waals surface area (Å²) in [6.07, 6.45) is -4.00. The van der Waals surface area contributed by atoms with Gasteiger partial charge in [-0.25, -0.2) is 4.98 Å². The van der Waals surface area contributed by atoms with E-state index in [0.29, 0.717) is 17.3 Å². The number of nitrogens with zero attached hydrogens (tertiary/aromatic N) is 1. The summed E-state index contributed by atoms with van der Waals surface area (Å²) in [5, 5.41) is 0.575. The van der Waals surface area contributed by atoms with Crippen LogP contribution in [0.1, 0.15) is 5.82 Å². The van der Waals surface area contributed by atoms with Crippen molar-refractivity contribution in [3.8, 4) is 0 Å². The lowest BCUT2D eigenvalue weighted by Gasteiger charge is -2.06. The second-order valence-corrected chi connectivity index (χ2v) is 4.20. The Labute approximate surface area is 106 Å². The van der Waals surface area contributed by atoms with Crippen LogP contribution in [0.2, 0.25) is 5.02 Å². The van der Waals surface area contributed by atoms with Crippen molar-refractivity contribution in [3.63, 3.8) is 0 Å². The third-order valence-electron chi connectivity index (χ3n) is 2.24. The van der Waals surface area contributed by atoms with Crippen LogP contribution in [0, 0.1) is 0 Å². The number of rotatable bonds is 4. The molecule has 0 aliphatic carbocycles. The van der Waals surface area contributed by atoms with Crippen molar-refractivity contribution in [2.45, 2.75) is 12.6 Å². The first-order valence-corrected chi connectivity index (χ1v) is 5.60. The maximum absolute atomic E-state index is 11.8. The minimum absolute atomic E-state index is 0.0347. The normalized spacial score (nSPS) is 12.2. The van der Waals surface area contributed by atoms with Gasteiger partial charge in [-0.05, 0) is 18.2 Å². The molecule has 1 N–H and O–H groups in total. The van der Waals surface area contributed by atoms with Crippen LogP contribution in [0.25, 0.3) is 11.0 Å². The number of aromatic amines is 1. The molecule has 2 aromatic rings. The van der Waals surface area contributed by atoms with E-state index in [2.05, 4.69) is 14.7 Å². The van der Waals surface area contributed by atoms with Gasteiger partial charge in [0.1, 0.15) is 12.4 Å². The Kier molecular flexibility index (Phi) is 3.77. The van der Waals surface area contributed by atoms with E-state index in [9.17, 15) is 13.2 Å². The fraction of sp³-hybridized carbons (Fsp3) is 0.364. The predicted octanol–water partition coefficient (Wildman–Crippen LogP) is 3.34. The first kappa shape index (κ1) is 13.2. The molecule has 0 saturated carbocycles. The number of halogens is 4. The number of hydrogen-bond donors (Lipinski definition) is 1. The molecule has 0 bridgehead atoms. The summed E-state index contributed by atoms with van der Waals surface area (Å²) in [6, 6.07) is 5.16. The molecular formula is C11H10ClF3N2O. The number of alkyl halides is 3. The third kappa shape index (κ3) is 3.61. The second kappa shape index (κ2) is 5.16. The maximum atomic E-state index is 11.8. The lowest BCUT2D eigenvalue weighted by molar-refractivity contribution is -0.173. The highest BCUT2D eigenvalue weighted by atomic mass is 35.5. The quantitative estimate of drug-likeness (QED) is 0.871. The average molecular weight is 279 g/mol. The molecule has 0 atom stereocenters. The second-order valence-electron chi connectivity index (χ2n) is 3.76. The molecule has 0 aliphatic rings. The van der Waals surface area contributed by atoms with Crippen molar-refractivity contribution in [3.05, 3.63) is 29.0 Å². The summed E-state index contributed by atoms with van der Waals surface area (Å²) in [4.78, 5) is 7.19. The van der Waals surface area contributed by atoms with Crippen molar-refractivity contribution < 1.29 is 17.9 Å². The molecule has 18 heavy (non-hydrogen) atoms. The van der Waals surface area contributed by atoms with E-state index < -0.39 is 12.8 Å². The zero-order valence-electron chi connectivity index (χ0n) is 9.22. The molecule has 0 fully saturated rings. The van der Waals surface area contributed by atoms with E-state index in [1.165, 1.54) is 0 Å². The molecule has 0 aliphatic heterocycles. The number of H-pyrrole nitrogens is 1. The zero-order chi connectivity index (χ0) is 13.2. The number of hydrogen-bond acceptors (Lipinski definition) is 2. The largest absolute Gasteiger partial charge is 0.411 e. The summed E-state index contributed by atoms with van der Waals surface area (Å²) in [7, 11) is 0. The van der Waals surface area contributed by atoms with Gasteiger partial charge < -0.3 is 9.72 Å². The van der Waals surface area contributed by atoms with Gasteiger partial charge in [-0.1, -0.05) is 11.6 Å². The van der Waals surface area contributed by atoms with Crippen LogP contribution in [0.5, 0.6) is 0 Å². The zero-order valence-corrected chi connectivity index (χ0v) is 9.98. The Hall–Kier alpha value is -1.27. The average Bonchev–Trinajstić information content (AvgIpc) is 2.65. The van der Waals surface area contributed by atoms with Gasteiger partial charge in [0.15, 0.2) is 0 Å². The molecule has 98 valence electrons. The first-order valence-electron chi connectivity index (χ1n) is 5.23. The van der Waals surface area contributed by atoms with Gasteiger partial charge in [0.25, 0.3) is 0 Å². The third-order valence-corrected chi connectivity index (χ3v) is 2.48. The van der Waals surface area contributed by atoms with Gasteiger partial charge in [0.2, 0.25) is 0 Å². The number of imidazole rings is 1. The fourth-order valence-corrected chi connectivity index (χ4v) is 1.68. The van der Waals surface area contributed by atoms with Gasteiger partial charge in [-0.3, -0.25) is 0 Å². The van der Waals surface area contributed by atoms with E-state index in [0.717, 1.165) is 11.0 Å². The fourth-order valence-electron chi connectivity index (χ4n) is 1.51. The van der Waals surface area contributed by atoms with Gasteiger partial charge >= 0.3 is 6.18 Å². The van der Waals surface area contributed by atoms with Gasteiger partial charge in [0.05, 0.1) is 17.6 Å². The molecule has 3 nitrogen and oxygen atoms in total. The summed E-state index contributed by atoms with van der Waals surface area (Å²) >= 11 is 5.81. The molecule has 0 unspecified atom stereocenters. The lowest BCUT2D eigenvalue weighted by atomic mass is 10.3. The number of nitrogens with one attached hydrogen (secondary N) is 1. The van der Waals surface area contributed by atoms with Crippen molar-refractivity contribution in [1.82, 2.24) is 9.97 Å². The highest BCUT2D eigenvalue weighted by Crippen LogP contribution is 2.18. The minimum Gasteiger partial charge on any atom is -0.372 e. The van der Waals surface area contributed by atoms with Crippen LogP contribution in [0.15, 0.2) is 18.2 Å². The molecule has 0 saturated heterocycles. The highest BCUT2D eigenvalue weighted by molar-refractivity contribution is 6.31. The number of benzene rings is 1. The summed E-state index contributed by atoms with van der Waals surface area (Å²) in [6.45, 7) is -1.27. The molecule has 1 aromatic carbocycles. The van der Waals surface area contributed by atoms with Gasteiger partial charge in [-0.15, -0.1) is 0 Å². The summed E-state index contributed by atoms with van der Waals surface area (Å²) in [5.74, 6) is 0.578. The first-order chi connectivity index (χ1) is 8.44. The van der Waals surface area contributed by atoms with Crippen molar-refractivity contribution in [2.75, 3.05) is 13.2 Å². The van der Waals surface area contributed by atoms with Gasteiger partial charge in [-0.2, -0.15) is 13.2 Å². The van der Waals surface area contributed by atoms with Crippen LogP contribution in [0.3, 0.4) is 0 Å². The Morgan fingerprint density at radius 3 is 2.83 bits per heavy atom. The summed E-state index contributed by atoms with van der Waals surface area (Å²) in [5.41, 5.74) is 1.48. The monoisotopic (exact) mass is 278 g/mol. The van der Waals surface area contributed by atoms with E-state index >= 15 is 0 Å². The Bertz CT molecular complexity index is 539. The number of aromatic nitrogens is 2. The smallest absolute Gasteiger partial charge is 0.372 e. The van der Waals surface area contributed by atoms with Crippen LogP contribution in [0.4, 0.5) is 13.2 Å². The molecule has 1 aromatic heterocycles. The van der Waals surface area contributed by atoms with E-state index in [1.54, 1.807) is 18.2 Å². The highest BCUT2D eigenvalue weighted by Gasteiger charge is 2.27. The molecule has 7 heteroatoms. The van der Waals surface area contributed by atoms with E-state index in [1.807, 2.05) is 0 Å². The number of ether oxygens (including phenoxy) is 1. The van der Waals surface area contributed by atoms with E-state index in [-0.39, 0.29) is 6.61 Å². The maximum Gasteiger partial charge on any atom is 0.411 e. The topological polar surface area (TPSA) is 37.9 Å². The molecule has 1 heterocycles. The van der Waals surface area contributed by atoms with Crippen molar-refractivity contribution >= 4 is 22.6 Å². The Balaban J connectivity index is 1.92. The summed E-state index contributed by atoms with van der Waals surface area (Å²) < 4.78 is 40.0. The van der Waals surface area contributed by atoms with Crippen LogP contribution < -0.4 is 0 Å². The van der Waals surface area contributed by atoms with Crippen LogP contribution in [-0.4, -0.2) is 29.4 Å². The molecule has 2 rings (SSSR count). The lowest BCUT2D eigenvalue weighted by Crippen LogP contribution is -2.18. The molecular weight excluding hydrogens is 269 g/mol. The molecule has 0 amide bonds. The minimum atomic E-state index is -4.29. The van der Waals surface area contributed by atoms with Gasteiger partial charge in [0, 0.05) is 11.4 Å². The molecule has 0 spiro atoms. The Morgan fingerprint density at radius 1 is 1.33 bits per heavy atom. The van der Waals surface area contributed by atoms with Crippen LogP contribution >= 0.6 is 11.6 Å². The van der Waals surface area contributed by atoms with Crippen molar-refractivity contribution in [2.24, 2.45) is 0 Å². The standard InChI is InChI=1S/C11H10ClF3N2O/c12-7-1-2-8-9(5-7)17-10(16-8)3-4-18-6-11(13,14)15/h1-2,5H,3-4,6H2,(H,16,17). The van der Waals surface area contributed by atoms with Crippen molar-refractivity contribution in [1.29, 1.82) is 0 Å². The predicted molar refractivity (Wildman–Crippen MR) is 61.7 cm³/mol. The van der Waals surface area contributed by atoms with Crippen LogP contribution in [-0.2, 0) is 11.2 Å².